The number of rotatable bonds is 6. The van der Waals surface area contributed by atoms with Gasteiger partial charge in [0.2, 0.25) is 5.95 Å². The first kappa shape index (κ1) is 19.7. The number of hydrogen-bond acceptors (Lipinski definition) is 9. The molecule has 4 heterocycles. The van der Waals surface area contributed by atoms with E-state index >= 15 is 0 Å². The Morgan fingerprint density at radius 1 is 1.37 bits per heavy atom. The smallest absolute Gasteiger partial charge is 0.253 e. The molecule has 10 heteroatoms. The van der Waals surface area contributed by atoms with E-state index in [2.05, 4.69) is 36.0 Å². The summed E-state index contributed by atoms with van der Waals surface area (Å²) in [5.74, 6) is 1.02. The Hall–Kier alpha value is -3.58. The van der Waals surface area contributed by atoms with Crippen molar-refractivity contribution in [1.29, 1.82) is 5.26 Å². The Balaban J connectivity index is 1.48. The Morgan fingerprint density at radius 3 is 2.87 bits per heavy atom. The van der Waals surface area contributed by atoms with Gasteiger partial charge in [0, 0.05) is 37.2 Å². The van der Waals surface area contributed by atoms with Crippen molar-refractivity contribution in [3.8, 4) is 6.07 Å². The number of nitrogens with zero attached hydrogens (tertiary/aromatic N) is 6. The van der Waals surface area contributed by atoms with E-state index in [0.29, 0.717) is 24.6 Å². The number of aryl methyl sites for hydroxylation is 2. The average Bonchev–Trinajstić information content (AvgIpc) is 3.12. The summed E-state index contributed by atoms with van der Waals surface area (Å²) in [6, 6.07) is 7.54. The average molecular weight is 421 g/mol. The van der Waals surface area contributed by atoms with Crippen LogP contribution in [-0.2, 0) is 0 Å². The molecule has 0 atom stereocenters. The molecule has 0 saturated carbocycles. The number of anilines is 3. The normalized spacial score (nSPS) is 14.5. The first-order valence-electron chi connectivity index (χ1n) is 9.36. The summed E-state index contributed by atoms with van der Waals surface area (Å²) >= 11 is 1.35. The highest BCUT2D eigenvalue weighted by Crippen LogP contribution is 2.32. The maximum absolute atomic E-state index is 12.6. The van der Waals surface area contributed by atoms with Gasteiger partial charge >= 0.3 is 0 Å². The molecule has 0 aliphatic carbocycles. The van der Waals surface area contributed by atoms with Crippen LogP contribution in [0.4, 0.5) is 16.8 Å². The zero-order valence-corrected chi connectivity index (χ0v) is 17.4. The molecule has 1 saturated heterocycles. The van der Waals surface area contributed by atoms with Crippen molar-refractivity contribution in [3.63, 3.8) is 0 Å². The number of aromatic nitrogens is 4. The second-order valence-corrected chi connectivity index (χ2v) is 8.13. The standard InChI is InChI=1S/C20H20N8OS/c1-13-9-23-19(24-16-8-14(2)27-30-16)25-17(13)28-11-20(12-28,5-6-21)26-18(29)15-4-3-7-22-10-15/h3-4,7-10H,5,11-12H2,1-2H3,(H,26,29)(H,23,24,25). The topological polar surface area (TPSA) is 120 Å². The lowest BCUT2D eigenvalue weighted by atomic mass is 9.86. The maximum Gasteiger partial charge on any atom is 0.253 e. The Labute approximate surface area is 178 Å². The quantitative estimate of drug-likeness (QED) is 0.624. The second-order valence-electron chi connectivity index (χ2n) is 7.32. The van der Waals surface area contributed by atoms with E-state index < -0.39 is 5.54 Å². The minimum absolute atomic E-state index is 0.213. The van der Waals surface area contributed by atoms with Gasteiger partial charge in [0.05, 0.1) is 29.3 Å². The maximum atomic E-state index is 12.6. The van der Waals surface area contributed by atoms with Crippen LogP contribution in [-0.4, -0.2) is 43.9 Å². The third-order valence-electron chi connectivity index (χ3n) is 4.81. The second kappa shape index (κ2) is 8.04. The van der Waals surface area contributed by atoms with E-state index in [-0.39, 0.29) is 12.3 Å². The molecular formula is C20H20N8OS. The van der Waals surface area contributed by atoms with Crippen molar-refractivity contribution >= 4 is 34.2 Å². The number of pyridine rings is 1. The predicted octanol–water partition coefficient (Wildman–Crippen LogP) is 2.59. The Bertz CT molecular complexity index is 1100. The van der Waals surface area contributed by atoms with Gasteiger partial charge in [-0.15, -0.1) is 0 Å². The summed E-state index contributed by atoms with van der Waals surface area (Å²) in [4.78, 5) is 27.6. The third-order valence-corrected chi connectivity index (χ3v) is 5.61. The Morgan fingerprint density at radius 2 is 2.20 bits per heavy atom. The molecular weight excluding hydrogens is 400 g/mol. The number of carbonyl (C=O) groups excluding carboxylic acids is 1. The first-order chi connectivity index (χ1) is 14.5. The summed E-state index contributed by atoms with van der Waals surface area (Å²) in [6.45, 7) is 4.85. The number of carbonyl (C=O) groups is 1. The lowest BCUT2D eigenvalue weighted by Crippen LogP contribution is -2.70. The van der Waals surface area contributed by atoms with Crippen LogP contribution in [0.3, 0.4) is 0 Å². The molecule has 1 fully saturated rings. The van der Waals surface area contributed by atoms with Crippen LogP contribution in [0, 0.1) is 25.2 Å². The van der Waals surface area contributed by atoms with Gasteiger partial charge in [0.15, 0.2) is 0 Å². The summed E-state index contributed by atoms with van der Waals surface area (Å²) in [5.41, 5.74) is 1.70. The summed E-state index contributed by atoms with van der Waals surface area (Å²) in [5, 5.41) is 16.4. The number of nitriles is 1. The van der Waals surface area contributed by atoms with Crippen molar-refractivity contribution < 1.29 is 4.79 Å². The molecule has 1 aliphatic heterocycles. The summed E-state index contributed by atoms with van der Waals surface area (Å²) in [7, 11) is 0. The molecule has 9 nitrogen and oxygen atoms in total. The molecule has 0 unspecified atom stereocenters. The van der Waals surface area contributed by atoms with Crippen molar-refractivity contribution in [2.45, 2.75) is 25.8 Å². The molecule has 1 aliphatic rings. The zero-order valence-electron chi connectivity index (χ0n) is 16.6. The Kier molecular flexibility index (Phi) is 5.29. The summed E-state index contributed by atoms with van der Waals surface area (Å²) < 4.78 is 4.25. The highest BCUT2D eigenvalue weighted by Gasteiger charge is 2.45. The van der Waals surface area contributed by atoms with Gasteiger partial charge in [-0.1, -0.05) is 0 Å². The fraction of sp³-hybridized carbons (Fsp3) is 0.300. The number of amides is 1. The molecule has 0 radical (unpaired) electrons. The van der Waals surface area contributed by atoms with Crippen LogP contribution in [0.15, 0.2) is 36.8 Å². The van der Waals surface area contributed by atoms with Gasteiger partial charge in [-0.3, -0.25) is 9.78 Å². The van der Waals surface area contributed by atoms with Gasteiger partial charge < -0.3 is 15.5 Å². The van der Waals surface area contributed by atoms with Gasteiger partial charge in [-0.25, -0.2) is 4.98 Å². The van der Waals surface area contributed by atoms with Gasteiger partial charge in [-0.05, 0) is 43.6 Å². The van der Waals surface area contributed by atoms with Gasteiger partial charge in [0.25, 0.3) is 5.91 Å². The summed E-state index contributed by atoms with van der Waals surface area (Å²) in [6.07, 6.45) is 5.10. The van der Waals surface area contributed by atoms with Crippen LogP contribution in [0.2, 0.25) is 0 Å². The van der Waals surface area contributed by atoms with E-state index in [4.69, 9.17) is 0 Å². The molecule has 0 bridgehead atoms. The van der Waals surface area contributed by atoms with E-state index in [1.165, 1.54) is 17.7 Å². The lowest BCUT2D eigenvalue weighted by Gasteiger charge is -2.50. The molecule has 0 spiro atoms. The van der Waals surface area contributed by atoms with Crippen molar-refractivity contribution in [1.82, 2.24) is 24.6 Å². The molecule has 152 valence electrons. The molecule has 1 amide bonds. The lowest BCUT2D eigenvalue weighted by molar-refractivity contribution is 0.0879. The molecule has 3 aromatic heterocycles. The van der Waals surface area contributed by atoms with E-state index in [1.807, 2.05) is 24.8 Å². The first-order valence-corrected chi connectivity index (χ1v) is 10.1. The van der Waals surface area contributed by atoms with Crippen LogP contribution >= 0.6 is 11.5 Å². The van der Waals surface area contributed by atoms with Gasteiger partial charge in [0.1, 0.15) is 10.8 Å². The molecule has 0 aromatic carbocycles. The fourth-order valence-corrected chi connectivity index (χ4v) is 4.03. The number of nitrogens with one attached hydrogen (secondary N) is 2. The highest BCUT2D eigenvalue weighted by molar-refractivity contribution is 7.10. The molecule has 3 aromatic rings. The van der Waals surface area contributed by atoms with E-state index in [9.17, 15) is 10.1 Å². The van der Waals surface area contributed by atoms with Crippen LogP contribution in [0.25, 0.3) is 0 Å². The minimum atomic E-state index is -0.624. The van der Waals surface area contributed by atoms with Crippen molar-refractivity contribution in [3.05, 3.63) is 53.6 Å². The SMILES string of the molecule is Cc1cc(Nc2ncc(C)c(N3CC(CC#N)(NC(=O)c4cccnc4)C3)n2)sn1. The minimum Gasteiger partial charge on any atom is -0.351 e. The largest absolute Gasteiger partial charge is 0.351 e. The zero-order chi connectivity index (χ0) is 21.1. The van der Waals surface area contributed by atoms with E-state index in [1.54, 1.807) is 24.5 Å². The molecule has 30 heavy (non-hydrogen) atoms. The third kappa shape index (κ3) is 4.06. The van der Waals surface area contributed by atoms with Crippen molar-refractivity contribution in [2.75, 3.05) is 23.3 Å². The molecule has 2 N–H and O–H groups in total. The van der Waals surface area contributed by atoms with Crippen molar-refractivity contribution in [2.24, 2.45) is 0 Å². The van der Waals surface area contributed by atoms with Crippen LogP contribution < -0.4 is 15.5 Å². The van der Waals surface area contributed by atoms with Crippen LogP contribution in [0.5, 0.6) is 0 Å². The number of hydrogen-bond donors (Lipinski definition) is 2. The monoisotopic (exact) mass is 420 g/mol. The predicted molar refractivity (Wildman–Crippen MR) is 114 cm³/mol. The van der Waals surface area contributed by atoms with E-state index in [0.717, 1.165) is 22.1 Å². The molecule has 4 rings (SSSR count). The van der Waals surface area contributed by atoms with Gasteiger partial charge in [-0.2, -0.15) is 14.6 Å². The highest BCUT2D eigenvalue weighted by atomic mass is 32.1. The fourth-order valence-electron chi connectivity index (χ4n) is 3.38. The van der Waals surface area contributed by atoms with Crippen LogP contribution in [0.1, 0.15) is 28.0 Å².